The van der Waals surface area contributed by atoms with E-state index in [1.54, 1.807) is 63.4 Å². The minimum Gasteiger partial charge on any atom is -0.480 e. The van der Waals surface area contributed by atoms with Gasteiger partial charge in [0.05, 0.1) is 25.0 Å². The van der Waals surface area contributed by atoms with Crippen molar-refractivity contribution in [2.75, 3.05) is 18.4 Å². The van der Waals surface area contributed by atoms with Crippen LogP contribution in [-0.4, -0.2) is 65.0 Å². The van der Waals surface area contributed by atoms with Gasteiger partial charge in [-0.2, -0.15) is 19.0 Å². The highest BCUT2D eigenvalue weighted by molar-refractivity contribution is 6.31. The molecule has 0 spiro atoms. The van der Waals surface area contributed by atoms with E-state index in [0.29, 0.717) is 47.4 Å². The van der Waals surface area contributed by atoms with Crippen LogP contribution in [0.4, 0.5) is 20.2 Å². The maximum Gasteiger partial charge on any atom is 0.387 e. The van der Waals surface area contributed by atoms with Crippen LogP contribution in [0.15, 0.2) is 73.6 Å². The number of carboxylic acid groups (broad SMARTS) is 1. The molecule has 0 amide bonds. The average molecular weight is 569 g/mol. The highest BCUT2D eigenvalue weighted by Gasteiger charge is 2.21. The summed E-state index contributed by atoms with van der Waals surface area (Å²) in [6.45, 7) is -2.26. The van der Waals surface area contributed by atoms with Crippen molar-refractivity contribution >= 4 is 34.6 Å². The van der Waals surface area contributed by atoms with Crippen LogP contribution >= 0.6 is 11.6 Å². The summed E-state index contributed by atoms with van der Waals surface area (Å²) in [6, 6.07) is 9.68. The zero-order chi connectivity index (χ0) is 28.1. The molecular formula is C26H23ClF2N8O3. The Hall–Kier alpha value is -4.62. The summed E-state index contributed by atoms with van der Waals surface area (Å²) in [6.07, 6.45) is 9.96. The van der Waals surface area contributed by atoms with E-state index in [1.165, 1.54) is 18.2 Å². The van der Waals surface area contributed by atoms with E-state index in [0.717, 1.165) is 5.56 Å². The Morgan fingerprint density at radius 2 is 2.05 bits per heavy atom. The van der Waals surface area contributed by atoms with Crippen LogP contribution in [0.1, 0.15) is 5.56 Å². The van der Waals surface area contributed by atoms with E-state index in [1.807, 2.05) is 6.07 Å². The van der Waals surface area contributed by atoms with Gasteiger partial charge in [0.25, 0.3) is 0 Å². The highest BCUT2D eigenvalue weighted by atomic mass is 35.5. The van der Waals surface area contributed by atoms with Gasteiger partial charge in [-0.05, 0) is 35.9 Å². The summed E-state index contributed by atoms with van der Waals surface area (Å²) >= 11 is 6.22. The Morgan fingerprint density at radius 3 is 2.83 bits per heavy atom. The number of carbonyl (C=O) groups is 1. The molecule has 5 rings (SSSR count). The third-order valence-electron chi connectivity index (χ3n) is 5.86. The van der Waals surface area contributed by atoms with Crippen molar-refractivity contribution in [1.29, 1.82) is 0 Å². The first-order valence-corrected chi connectivity index (χ1v) is 12.4. The molecule has 0 aliphatic heterocycles. The van der Waals surface area contributed by atoms with E-state index in [4.69, 9.17) is 16.3 Å². The Kier molecular flexibility index (Phi) is 8.12. The van der Waals surface area contributed by atoms with Crippen molar-refractivity contribution in [3.63, 3.8) is 0 Å². The molecule has 5 aromatic rings. The molecule has 0 fully saturated rings. The van der Waals surface area contributed by atoms with Crippen molar-refractivity contribution in [2.45, 2.75) is 19.7 Å². The zero-order valence-electron chi connectivity index (χ0n) is 20.9. The number of carboxylic acids is 1. The van der Waals surface area contributed by atoms with Crippen molar-refractivity contribution in [3.8, 4) is 17.0 Å². The van der Waals surface area contributed by atoms with Gasteiger partial charge in [0, 0.05) is 54.7 Å². The molecule has 1 aromatic carbocycles. The predicted molar refractivity (Wildman–Crippen MR) is 143 cm³/mol. The van der Waals surface area contributed by atoms with E-state index < -0.39 is 12.6 Å². The number of hydrogen-bond acceptors (Lipinski definition) is 8. The van der Waals surface area contributed by atoms with Gasteiger partial charge in [0.2, 0.25) is 0 Å². The molecular weight excluding hydrogens is 546 g/mol. The Bertz CT molecular complexity index is 1610. The molecule has 40 heavy (non-hydrogen) atoms. The van der Waals surface area contributed by atoms with Gasteiger partial charge in [-0.1, -0.05) is 17.7 Å². The summed E-state index contributed by atoms with van der Waals surface area (Å²) in [5.74, 6) is -1.07. The van der Waals surface area contributed by atoms with Crippen molar-refractivity contribution in [1.82, 2.24) is 34.3 Å². The molecule has 14 heteroatoms. The maximum atomic E-state index is 13.2. The number of fused-ring (bicyclic) bond motifs is 1. The number of ether oxygens (including phenoxy) is 1. The fraction of sp³-hybridized carbons (Fsp3) is 0.192. The van der Waals surface area contributed by atoms with Gasteiger partial charge < -0.3 is 15.2 Å². The van der Waals surface area contributed by atoms with Crippen LogP contribution in [0.5, 0.6) is 5.75 Å². The van der Waals surface area contributed by atoms with Gasteiger partial charge in [0.15, 0.2) is 5.65 Å². The normalized spacial score (nSPS) is 11.4. The number of rotatable bonds is 12. The number of aromatic nitrogens is 6. The van der Waals surface area contributed by atoms with Gasteiger partial charge >= 0.3 is 12.6 Å². The second kappa shape index (κ2) is 12.1. The van der Waals surface area contributed by atoms with Crippen molar-refractivity contribution in [2.24, 2.45) is 0 Å². The lowest BCUT2D eigenvalue weighted by Gasteiger charge is -2.20. The number of anilines is 2. The van der Waals surface area contributed by atoms with E-state index in [9.17, 15) is 18.7 Å². The molecule has 2 N–H and O–H groups in total. The minimum absolute atomic E-state index is 0.102. The van der Waals surface area contributed by atoms with Crippen LogP contribution in [0, 0.1) is 0 Å². The molecule has 0 bridgehead atoms. The van der Waals surface area contributed by atoms with E-state index in [-0.39, 0.29) is 17.9 Å². The van der Waals surface area contributed by atoms with Crippen molar-refractivity contribution < 1.29 is 23.4 Å². The second-order valence-electron chi connectivity index (χ2n) is 8.71. The molecule has 4 aromatic heterocycles. The van der Waals surface area contributed by atoms with Gasteiger partial charge in [-0.3, -0.25) is 19.4 Å². The second-order valence-corrected chi connectivity index (χ2v) is 9.15. The van der Waals surface area contributed by atoms with Crippen LogP contribution in [-0.2, 0) is 17.9 Å². The predicted octanol–water partition coefficient (Wildman–Crippen LogP) is 4.57. The number of alkyl halides is 2. The molecule has 0 unspecified atom stereocenters. The molecule has 0 radical (unpaired) electrons. The average Bonchev–Trinajstić information content (AvgIpc) is 3.52. The maximum absolute atomic E-state index is 13.2. The van der Waals surface area contributed by atoms with Gasteiger partial charge in [-0.25, -0.2) is 9.50 Å². The lowest BCUT2D eigenvalue weighted by atomic mass is 10.1. The Balaban J connectivity index is 1.48. The zero-order valence-corrected chi connectivity index (χ0v) is 21.6. The Morgan fingerprint density at radius 1 is 1.18 bits per heavy atom. The monoisotopic (exact) mass is 568 g/mol. The quantitative estimate of drug-likeness (QED) is 0.223. The summed E-state index contributed by atoms with van der Waals surface area (Å²) in [5.41, 5.74) is 2.96. The van der Waals surface area contributed by atoms with E-state index in [2.05, 4.69) is 25.5 Å². The largest absolute Gasteiger partial charge is 0.480 e. The molecule has 11 nitrogen and oxygen atoms in total. The third-order valence-corrected chi connectivity index (χ3v) is 6.09. The number of hydrogen-bond donors (Lipinski definition) is 2. The summed E-state index contributed by atoms with van der Waals surface area (Å²) in [7, 11) is 0. The number of aliphatic carboxylic acids is 1. The highest BCUT2D eigenvalue weighted by Crippen LogP contribution is 2.38. The molecule has 0 atom stereocenters. The number of pyridine rings is 1. The fourth-order valence-electron chi connectivity index (χ4n) is 4.17. The molecule has 0 aliphatic rings. The van der Waals surface area contributed by atoms with Crippen LogP contribution in [0.2, 0.25) is 5.02 Å². The lowest BCUT2D eigenvalue weighted by molar-refractivity contribution is -0.138. The topological polar surface area (TPSA) is 123 Å². The molecule has 0 aliphatic carbocycles. The van der Waals surface area contributed by atoms with Gasteiger partial charge in [0.1, 0.15) is 17.1 Å². The first-order valence-electron chi connectivity index (χ1n) is 12.1. The standard InChI is InChI=1S/C26H23ClF2N8O3/c27-18-4-5-22(40-26(28)29)19(11-18)24-21(33-20-13-32-37-8-2-7-31-25(20)37)15-36(34-24)10-9-35(16-23(38)39)14-17-3-1-6-30-12-17/h1-8,11-13,15,26,33H,9-10,14,16H2,(H,38,39). The number of nitrogens with one attached hydrogen (secondary N) is 1. The SMILES string of the molecule is O=C(O)CN(CCn1cc(Nc2cnn3cccnc23)c(-c2cc(Cl)ccc2OC(F)F)n1)Cc1cccnc1. The smallest absolute Gasteiger partial charge is 0.387 e. The first kappa shape index (κ1) is 27.0. The van der Waals surface area contributed by atoms with Crippen LogP contribution < -0.4 is 10.1 Å². The molecule has 0 saturated carbocycles. The van der Waals surface area contributed by atoms with Crippen LogP contribution in [0.3, 0.4) is 0 Å². The Labute approximate surface area is 231 Å². The van der Waals surface area contributed by atoms with Gasteiger partial charge in [-0.15, -0.1) is 0 Å². The fourth-order valence-corrected chi connectivity index (χ4v) is 4.34. The molecule has 0 saturated heterocycles. The first-order chi connectivity index (χ1) is 19.4. The summed E-state index contributed by atoms with van der Waals surface area (Å²) in [4.78, 5) is 21.7. The van der Waals surface area contributed by atoms with Crippen LogP contribution in [0.25, 0.3) is 16.9 Å². The lowest BCUT2D eigenvalue weighted by Crippen LogP contribution is -2.32. The summed E-state index contributed by atoms with van der Waals surface area (Å²) < 4.78 is 34.4. The number of halogens is 3. The third kappa shape index (κ3) is 6.50. The van der Waals surface area contributed by atoms with Crippen molar-refractivity contribution in [3.05, 3.63) is 84.2 Å². The van der Waals surface area contributed by atoms with E-state index >= 15 is 0 Å². The molecule has 206 valence electrons. The minimum atomic E-state index is -3.06. The summed E-state index contributed by atoms with van der Waals surface area (Å²) in [5, 5.41) is 21.9. The number of benzene rings is 1. The number of nitrogens with zero attached hydrogens (tertiary/aromatic N) is 7. The molecule has 4 heterocycles.